The Kier molecular flexibility index (Phi) is 46.6. The van der Waals surface area contributed by atoms with Crippen LogP contribution in [0.25, 0.3) is 0 Å². The first kappa shape index (κ1) is 58.1. The summed E-state index contributed by atoms with van der Waals surface area (Å²) in [5.74, 6) is -1.04. The molecule has 1 atom stereocenters. The molecular formula is C56H90O6. The summed E-state index contributed by atoms with van der Waals surface area (Å²) < 4.78 is 16.7. The molecule has 0 spiro atoms. The summed E-state index contributed by atoms with van der Waals surface area (Å²) in [4.78, 5) is 37.9. The van der Waals surface area contributed by atoms with Crippen molar-refractivity contribution in [3.63, 3.8) is 0 Å². The summed E-state index contributed by atoms with van der Waals surface area (Å²) in [5, 5.41) is 0. The van der Waals surface area contributed by atoms with E-state index in [0.717, 1.165) is 64.2 Å². The van der Waals surface area contributed by atoms with Gasteiger partial charge in [0.25, 0.3) is 0 Å². The molecule has 0 bridgehead atoms. The summed E-state index contributed by atoms with van der Waals surface area (Å²) in [6.07, 6.45) is 66.5. The predicted molar refractivity (Wildman–Crippen MR) is 265 cm³/mol. The molecule has 0 aromatic heterocycles. The van der Waals surface area contributed by atoms with Crippen molar-refractivity contribution >= 4 is 17.9 Å². The van der Waals surface area contributed by atoms with Crippen molar-refractivity contribution in [1.82, 2.24) is 0 Å². The fourth-order valence-corrected chi connectivity index (χ4v) is 6.48. The largest absolute Gasteiger partial charge is 0.462 e. The van der Waals surface area contributed by atoms with Gasteiger partial charge in [-0.2, -0.15) is 0 Å². The van der Waals surface area contributed by atoms with Crippen LogP contribution in [0.5, 0.6) is 0 Å². The van der Waals surface area contributed by atoms with E-state index in [0.29, 0.717) is 19.3 Å². The molecule has 0 aliphatic heterocycles. The van der Waals surface area contributed by atoms with Crippen LogP contribution in [0, 0.1) is 0 Å². The monoisotopic (exact) mass is 859 g/mol. The molecule has 0 radical (unpaired) electrons. The first-order valence-electron chi connectivity index (χ1n) is 25.0. The molecule has 6 nitrogen and oxygen atoms in total. The van der Waals surface area contributed by atoms with E-state index in [4.69, 9.17) is 14.2 Å². The number of hydrogen-bond acceptors (Lipinski definition) is 6. The minimum absolute atomic E-state index is 0.116. The zero-order valence-electron chi connectivity index (χ0n) is 39.8. The fourth-order valence-electron chi connectivity index (χ4n) is 6.48. The summed E-state index contributed by atoms with van der Waals surface area (Å²) in [6, 6.07) is 0. The van der Waals surface area contributed by atoms with Gasteiger partial charge in [-0.05, 0) is 57.8 Å². The quantitative estimate of drug-likeness (QED) is 0.0200. The fraction of sp³-hybridized carbons (Fsp3) is 0.625. The lowest BCUT2D eigenvalue weighted by atomic mass is 10.0. The van der Waals surface area contributed by atoms with Gasteiger partial charge in [-0.1, -0.05) is 239 Å². The Balaban J connectivity index is 4.55. The van der Waals surface area contributed by atoms with Gasteiger partial charge in [0.1, 0.15) is 13.2 Å². The van der Waals surface area contributed by atoms with Crippen LogP contribution >= 0.6 is 0 Å². The van der Waals surface area contributed by atoms with Crippen LogP contribution in [-0.2, 0) is 28.6 Å². The van der Waals surface area contributed by atoms with Crippen molar-refractivity contribution < 1.29 is 28.6 Å². The Bertz CT molecular complexity index is 1310. The van der Waals surface area contributed by atoms with Gasteiger partial charge >= 0.3 is 17.9 Å². The molecular weight excluding hydrogens is 769 g/mol. The lowest BCUT2D eigenvalue weighted by Crippen LogP contribution is -2.30. The highest BCUT2D eigenvalue weighted by Gasteiger charge is 2.19. The van der Waals surface area contributed by atoms with E-state index < -0.39 is 12.1 Å². The normalized spacial score (nSPS) is 13.0. The SMILES string of the molecule is CC\C=C/C=C\C=C/C=C\C=C\C=C/C=C\CCCCCC(=O)OCC(COC(=O)CCCCCCCCCCCCCC)OC(=O)CC/C=C\C/C=C\CCCCCCCC. The smallest absolute Gasteiger partial charge is 0.306 e. The van der Waals surface area contributed by atoms with Crippen molar-refractivity contribution in [2.75, 3.05) is 13.2 Å². The number of rotatable bonds is 43. The molecule has 62 heavy (non-hydrogen) atoms. The summed E-state index contributed by atoms with van der Waals surface area (Å²) >= 11 is 0. The topological polar surface area (TPSA) is 78.9 Å². The molecule has 0 fully saturated rings. The average Bonchev–Trinajstić information content (AvgIpc) is 3.27. The number of allylic oxidation sites excluding steroid dienone is 18. The number of hydrogen-bond donors (Lipinski definition) is 0. The maximum Gasteiger partial charge on any atom is 0.306 e. The molecule has 6 heteroatoms. The Labute approximate surface area is 380 Å². The molecule has 0 saturated heterocycles. The van der Waals surface area contributed by atoms with Gasteiger partial charge < -0.3 is 14.2 Å². The molecule has 350 valence electrons. The lowest BCUT2D eigenvalue weighted by Gasteiger charge is -2.18. The van der Waals surface area contributed by atoms with Crippen molar-refractivity contribution in [1.29, 1.82) is 0 Å². The first-order valence-corrected chi connectivity index (χ1v) is 25.0. The molecule has 0 aliphatic rings. The number of esters is 3. The summed E-state index contributed by atoms with van der Waals surface area (Å²) in [6.45, 7) is 6.37. The van der Waals surface area contributed by atoms with E-state index >= 15 is 0 Å². The van der Waals surface area contributed by atoms with Gasteiger partial charge in [0.15, 0.2) is 6.10 Å². The number of ether oxygens (including phenoxy) is 3. The number of carbonyl (C=O) groups is 3. The van der Waals surface area contributed by atoms with Gasteiger partial charge in [-0.25, -0.2) is 0 Å². The highest BCUT2D eigenvalue weighted by Crippen LogP contribution is 2.14. The molecule has 0 N–H and O–H groups in total. The predicted octanol–water partition coefficient (Wildman–Crippen LogP) is 16.4. The molecule has 0 aromatic carbocycles. The molecule has 1 unspecified atom stereocenters. The number of unbranched alkanes of at least 4 members (excludes halogenated alkanes) is 20. The first-order chi connectivity index (χ1) is 30.5. The third-order valence-corrected chi connectivity index (χ3v) is 10.2. The zero-order chi connectivity index (χ0) is 45.1. The van der Waals surface area contributed by atoms with Crippen LogP contribution in [-0.4, -0.2) is 37.2 Å². The molecule has 0 heterocycles. The van der Waals surface area contributed by atoms with Crippen molar-refractivity contribution in [2.24, 2.45) is 0 Å². The molecule has 0 rings (SSSR count). The van der Waals surface area contributed by atoms with E-state index in [9.17, 15) is 14.4 Å². The second kappa shape index (κ2) is 49.7. The van der Waals surface area contributed by atoms with E-state index in [1.807, 2.05) is 79.0 Å². The second-order valence-corrected chi connectivity index (χ2v) is 16.2. The minimum atomic E-state index is -0.826. The van der Waals surface area contributed by atoms with Crippen LogP contribution in [0.15, 0.2) is 109 Å². The van der Waals surface area contributed by atoms with Crippen LogP contribution in [0.2, 0.25) is 0 Å². The van der Waals surface area contributed by atoms with Crippen LogP contribution < -0.4 is 0 Å². The Morgan fingerprint density at radius 1 is 0.355 bits per heavy atom. The summed E-state index contributed by atoms with van der Waals surface area (Å²) in [7, 11) is 0. The average molecular weight is 859 g/mol. The van der Waals surface area contributed by atoms with Crippen LogP contribution in [0.3, 0.4) is 0 Å². The van der Waals surface area contributed by atoms with E-state index in [1.165, 1.54) is 96.3 Å². The van der Waals surface area contributed by atoms with Crippen molar-refractivity contribution in [2.45, 2.75) is 213 Å². The molecule has 0 aliphatic carbocycles. The van der Waals surface area contributed by atoms with E-state index in [-0.39, 0.29) is 31.6 Å². The van der Waals surface area contributed by atoms with Gasteiger partial charge in [-0.3, -0.25) is 14.4 Å². The van der Waals surface area contributed by atoms with E-state index in [2.05, 4.69) is 51.2 Å². The van der Waals surface area contributed by atoms with Crippen molar-refractivity contribution in [3.8, 4) is 0 Å². The van der Waals surface area contributed by atoms with E-state index in [1.54, 1.807) is 0 Å². The Hall–Kier alpha value is -3.93. The third-order valence-electron chi connectivity index (χ3n) is 10.2. The highest BCUT2D eigenvalue weighted by atomic mass is 16.6. The van der Waals surface area contributed by atoms with Crippen molar-refractivity contribution in [3.05, 3.63) is 109 Å². The highest BCUT2D eigenvalue weighted by molar-refractivity contribution is 5.71. The molecule has 0 aromatic rings. The van der Waals surface area contributed by atoms with Gasteiger partial charge in [0.2, 0.25) is 0 Å². The number of carbonyl (C=O) groups excluding carboxylic acids is 3. The molecule has 0 amide bonds. The Morgan fingerprint density at radius 3 is 1.19 bits per heavy atom. The Morgan fingerprint density at radius 2 is 0.726 bits per heavy atom. The zero-order valence-corrected chi connectivity index (χ0v) is 39.8. The maximum atomic E-state index is 12.7. The summed E-state index contributed by atoms with van der Waals surface area (Å²) in [5.41, 5.74) is 0. The van der Waals surface area contributed by atoms with Crippen LogP contribution in [0.1, 0.15) is 207 Å². The van der Waals surface area contributed by atoms with Gasteiger partial charge in [0, 0.05) is 19.3 Å². The van der Waals surface area contributed by atoms with Gasteiger partial charge in [0.05, 0.1) is 0 Å². The van der Waals surface area contributed by atoms with Crippen LogP contribution in [0.4, 0.5) is 0 Å². The standard InChI is InChI=1S/C56H90O6/c1-4-7-10-13-16-19-22-25-26-27-28-29-30-32-34-37-40-43-46-49-55(58)61-52-53(51-60-54(57)48-45-42-39-36-33-24-21-18-15-12-9-6-3)62-56(59)50-47-44-41-38-35-31-23-20-17-14-11-8-5-2/h7,10,13,16,19,22,25-32,34-35,41,44,53H,4-6,8-9,11-12,14-15,17-18,20-21,23-24,33,36-40,42-43,45-52H2,1-3H3/b10-7-,16-13-,22-19-,26-25-,28-27+,30-29-,34-32-,35-31-,44-41-. The lowest BCUT2D eigenvalue weighted by molar-refractivity contribution is -0.166. The molecule has 0 saturated carbocycles. The maximum absolute atomic E-state index is 12.7. The van der Waals surface area contributed by atoms with Gasteiger partial charge in [-0.15, -0.1) is 0 Å². The minimum Gasteiger partial charge on any atom is -0.462 e. The second-order valence-electron chi connectivity index (χ2n) is 16.2. The third kappa shape index (κ3) is 47.1.